The van der Waals surface area contributed by atoms with Gasteiger partial charge in [0, 0.05) is 19.6 Å². The van der Waals surface area contributed by atoms with Crippen LogP contribution in [-0.4, -0.2) is 67.6 Å². The fraction of sp³-hybridized carbons (Fsp3) is 0.951. The van der Waals surface area contributed by atoms with Gasteiger partial charge >= 0.3 is 12.1 Å². The summed E-state index contributed by atoms with van der Waals surface area (Å²) in [6, 6.07) is 0. The van der Waals surface area contributed by atoms with Crippen molar-refractivity contribution in [2.24, 2.45) is 0 Å². The molecule has 0 saturated heterocycles. The lowest BCUT2D eigenvalue weighted by Gasteiger charge is -2.23. The van der Waals surface area contributed by atoms with Gasteiger partial charge in [-0.05, 0) is 105 Å². The average Bonchev–Trinajstić information content (AvgIpc) is 3.04. The average molecular weight is 683 g/mol. The van der Waals surface area contributed by atoms with Crippen LogP contribution in [-0.2, 0) is 19.0 Å². The van der Waals surface area contributed by atoms with Crippen LogP contribution in [0, 0.1) is 0 Å². The van der Waals surface area contributed by atoms with Crippen molar-refractivity contribution < 1.29 is 23.8 Å². The Balaban J connectivity index is 4.24. The molecule has 2 unspecified atom stereocenters. The van der Waals surface area contributed by atoms with Crippen LogP contribution in [0.5, 0.6) is 0 Å². The molecule has 0 aliphatic heterocycles. The van der Waals surface area contributed by atoms with E-state index in [9.17, 15) is 9.59 Å². The minimum atomic E-state index is -0.468. The summed E-state index contributed by atoms with van der Waals surface area (Å²) in [6.45, 7) is 19.3. The van der Waals surface area contributed by atoms with Crippen molar-refractivity contribution >= 4 is 12.1 Å². The molecule has 0 aromatic heterocycles. The lowest BCUT2D eigenvalue weighted by Crippen LogP contribution is -2.35. The number of nitrogens with zero attached hydrogens (tertiary/aromatic N) is 1. The molecule has 7 heteroatoms. The van der Waals surface area contributed by atoms with Crippen LogP contribution in [0.25, 0.3) is 0 Å². The second kappa shape index (κ2) is 32.8. The van der Waals surface area contributed by atoms with E-state index in [2.05, 4.69) is 37.9 Å². The number of hydrogen-bond acceptors (Lipinski definition) is 6. The second-order valence-electron chi connectivity index (χ2n) is 15.0. The van der Waals surface area contributed by atoms with Crippen LogP contribution in [0.1, 0.15) is 203 Å². The van der Waals surface area contributed by atoms with Crippen LogP contribution in [0.4, 0.5) is 4.79 Å². The molecule has 0 radical (unpaired) electrons. The molecular formula is C41H82N2O5. The number of nitrogens with one attached hydrogen (secondary N) is 1. The third-order valence-corrected chi connectivity index (χ3v) is 9.11. The SMILES string of the molecule is CCCCCC(CC)OCCCCCCCCN(CCCCCCCCC(=O)OC(CC)CCCCC)CCCNC(=O)OC(C)(C)C. The predicted molar refractivity (Wildman–Crippen MR) is 204 cm³/mol. The maximum atomic E-state index is 12.3. The van der Waals surface area contributed by atoms with Crippen LogP contribution in [0.3, 0.4) is 0 Å². The van der Waals surface area contributed by atoms with E-state index in [1.54, 1.807) is 0 Å². The molecule has 0 aromatic carbocycles. The first-order valence-corrected chi connectivity index (χ1v) is 20.6. The summed E-state index contributed by atoms with van der Waals surface area (Å²) in [6.07, 6.45) is 27.9. The fourth-order valence-electron chi connectivity index (χ4n) is 6.09. The molecule has 0 aliphatic carbocycles. The first kappa shape index (κ1) is 46.7. The number of carbonyl (C=O) groups excluding carboxylic acids is 2. The van der Waals surface area contributed by atoms with Crippen LogP contribution in [0.15, 0.2) is 0 Å². The molecule has 286 valence electrons. The monoisotopic (exact) mass is 683 g/mol. The van der Waals surface area contributed by atoms with Crippen LogP contribution < -0.4 is 5.32 Å². The Hall–Kier alpha value is -1.34. The zero-order valence-electron chi connectivity index (χ0n) is 33.1. The van der Waals surface area contributed by atoms with Crippen molar-refractivity contribution in [2.45, 2.75) is 220 Å². The summed E-state index contributed by atoms with van der Waals surface area (Å²) in [5.41, 5.74) is -0.468. The Morgan fingerprint density at radius 2 is 1.10 bits per heavy atom. The van der Waals surface area contributed by atoms with Gasteiger partial charge in [0.2, 0.25) is 0 Å². The number of ether oxygens (including phenoxy) is 3. The van der Waals surface area contributed by atoms with Crippen molar-refractivity contribution in [3.05, 3.63) is 0 Å². The van der Waals surface area contributed by atoms with Crippen LogP contribution in [0.2, 0.25) is 0 Å². The third kappa shape index (κ3) is 31.9. The molecule has 0 spiro atoms. The van der Waals surface area contributed by atoms with Gasteiger partial charge in [-0.1, -0.05) is 111 Å². The number of rotatable bonds is 34. The summed E-state index contributed by atoms with van der Waals surface area (Å²) < 4.78 is 17.2. The largest absolute Gasteiger partial charge is 0.462 e. The zero-order chi connectivity index (χ0) is 35.7. The van der Waals surface area contributed by atoms with E-state index in [0.717, 1.165) is 71.2 Å². The molecule has 0 aromatic rings. The quantitative estimate of drug-likeness (QED) is 0.0538. The molecular weight excluding hydrogens is 600 g/mol. The topological polar surface area (TPSA) is 77.1 Å². The van der Waals surface area contributed by atoms with Gasteiger partial charge in [0.1, 0.15) is 11.7 Å². The smallest absolute Gasteiger partial charge is 0.407 e. The second-order valence-corrected chi connectivity index (χ2v) is 15.0. The van der Waals surface area contributed by atoms with Crippen molar-refractivity contribution in [1.29, 1.82) is 0 Å². The normalized spacial score (nSPS) is 13.1. The summed E-state index contributed by atoms with van der Waals surface area (Å²) >= 11 is 0. The molecule has 0 saturated carbocycles. The minimum Gasteiger partial charge on any atom is -0.462 e. The highest BCUT2D eigenvalue weighted by molar-refractivity contribution is 5.69. The molecule has 0 rings (SSSR count). The molecule has 7 nitrogen and oxygen atoms in total. The third-order valence-electron chi connectivity index (χ3n) is 9.11. The summed E-state index contributed by atoms with van der Waals surface area (Å²) in [5, 5.41) is 2.92. The lowest BCUT2D eigenvalue weighted by atomic mass is 10.1. The molecule has 0 bridgehead atoms. The number of esters is 1. The van der Waals surface area contributed by atoms with Crippen molar-refractivity contribution in [3.8, 4) is 0 Å². The molecule has 0 heterocycles. The maximum absolute atomic E-state index is 12.3. The molecule has 0 fully saturated rings. The molecule has 1 amide bonds. The van der Waals surface area contributed by atoms with Crippen molar-refractivity contribution in [3.63, 3.8) is 0 Å². The highest BCUT2D eigenvalue weighted by Gasteiger charge is 2.16. The van der Waals surface area contributed by atoms with Gasteiger partial charge < -0.3 is 24.4 Å². The van der Waals surface area contributed by atoms with E-state index >= 15 is 0 Å². The Morgan fingerprint density at radius 1 is 0.604 bits per heavy atom. The van der Waals surface area contributed by atoms with Gasteiger partial charge in [0.15, 0.2) is 0 Å². The van der Waals surface area contributed by atoms with Crippen LogP contribution >= 0.6 is 0 Å². The molecule has 2 atom stereocenters. The highest BCUT2D eigenvalue weighted by Crippen LogP contribution is 2.15. The Morgan fingerprint density at radius 3 is 1.65 bits per heavy atom. The van der Waals surface area contributed by atoms with Crippen molar-refractivity contribution in [1.82, 2.24) is 10.2 Å². The number of hydrogen-bond donors (Lipinski definition) is 1. The van der Waals surface area contributed by atoms with E-state index in [0.29, 0.717) is 19.1 Å². The number of unbranched alkanes of at least 4 members (excludes halogenated alkanes) is 14. The van der Waals surface area contributed by atoms with E-state index in [1.807, 2.05) is 20.8 Å². The Bertz CT molecular complexity index is 726. The standard InChI is InChI=1S/C41H82N2O5/c1-8-12-22-29-37(10-3)46-36-27-21-17-16-20-26-34-43(35-28-32-42-40(45)48-41(5,6)7)33-25-19-15-14-18-24-31-39(44)47-38(11-4)30-23-13-9-2/h37-38H,8-36H2,1-7H3,(H,42,45). The van der Waals surface area contributed by atoms with E-state index in [1.165, 1.54) is 103 Å². The Labute approximate surface area is 298 Å². The van der Waals surface area contributed by atoms with Gasteiger partial charge in [-0.2, -0.15) is 0 Å². The van der Waals surface area contributed by atoms with Crippen molar-refractivity contribution in [2.75, 3.05) is 32.8 Å². The summed E-state index contributed by atoms with van der Waals surface area (Å²) in [5.74, 6) is -0.0116. The Kier molecular flexibility index (Phi) is 31.9. The minimum absolute atomic E-state index is 0.0116. The zero-order valence-corrected chi connectivity index (χ0v) is 33.1. The fourth-order valence-corrected chi connectivity index (χ4v) is 6.09. The van der Waals surface area contributed by atoms with Gasteiger partial charge in [-0.3, -0.25) is 4.79 Å². The lowest BCUT2D eigenvalue weighted by molar-refractivity contribution is -0.149. The first-order chi connectivity index (χ1) is 23.1. The number of amides is 1. The summed E-state index contributed by atoms with van der Waals surface area (Å²) in [7, 11) is 0. The maximum Gasteiger partial charge on any atom is 0.407 e. The number of alkyl carbamates (subject to hydrolysis) is 1. The van der Waals surface area contributed by atoms with E-state index in [4.69, 9.17) is 14.2 Å². The molecule has 1 N–H and O–H groups in total. The van der Waals surface area contributed by atoms with E-state index in [-0.39, 0.29) is 18.2 Å². The molecule has 48 heavy (non-hydrogen) atoms. The first-order valence-electron chi connectivity index (χ1n) is 20.6. The van der Waals surface area contributed by atoms with Gasteiger partial charge in [0.25, 0.3) is 0 Å². The molecule has 0 aliphatic rings. The van der Waals surface area contributed by atoms with Gasteiger partial charge in [-0.25, -0.2) is 4.79 Å². The van der Waals surface area contributed by atoms with E-state index < -0.39 is 5.60 Å². The predicted octanol–water partition coefficient (Wildman–Crippen LogP) is 11.6. The number of carbonyl (C=O) groups is 2. The van der Waals surface area contributed by atoms with Gasteiger partial charge in [-0.15, -0.1) is 0 Å². The summed E-state index contributed by atoms with van der Waals surface area (Å²) in [4.78, 5) is 26.9. The highest BCUT2D eigenvalue weighted by atomic mass is 16.6. The van der Waals surface area contributed by atoms with Gasteiger partial charge in [0.05, 0.1) is 6.10 Å².